The van der Waals surface area contributed by atoms with E-state index in [9.17, 15) is 0 Å². The topological polar surface area (TPSA) is 39.1 Å². The van der Waals surface area contributed by atoms with E-state index in [1.165, 1.54) is 31.5 Å². The molecule has 3 nitrogen and oxygen atoms in total. The van der Waals surface area contributed by atoms with Gasteiger partial charge in [-0.1, -0.05) is 19.1 Å². The van der Waals surface area contributed by atoms with Gasteiger partial charge in [-0.15, -0.1) is 0 Å². The molecule has 1 fully saturated rings. The van der Waals surface area contributed by atoms with Crippen LogP contribution in [0.2, 0.25) is 0 Å². The standard InChI is InChI=1S/C17H25N3/c1-14-4-3-9-20(13-14)15(2)11-19-12-17-7-5-16(10-18)6-8-17/h5-8,14-15,19H,3-4,9,11-13H2,1-2H3. The van der Waals surface area contributed by atoms with Gasteiger partial charge < -0.3 is 5.32 Å². The molecule has 1 aliphatic heterocycles. The highest BCUT2D eigenvalue weighted by Crippen LogP contribution is 2.17. The van der Waals surface area contributed by atoms with Crippen molar-refractivity contribution in [1.82, 2.24) is 10.2 Å². The monoisotopic (exact) mass is 271 g/mol. The Morgan fingerprint density at radius 2 is 2.15 bits per heavy atom. The van der Waals surface area contributed by atoms with E-state index >= 15 is 0 Å². The maximum absolute atomic E-state index is 8.77. The molecule has 20 heavy (non-hydrogen) atoms. The van der Waals surface area contributed by atoms with Crippen molar-refractivity contribution in [3.63, 3.8) is 0 Å². The van der Waals surface area contributed by atoms with Gasteiger partial charge in [0.25, 0.3) is 0 Å². The van der Waals surface area contributed by atoms with E-state index in [1.807, 2.05) is 24.3 Å². The van der Waals surface area contributed by atoms with Gasteiger partial charge in [0.1, 0.15) is 0 Å². The summed E-state index contributed by atoms with van der Waals surface area (Å²) in [6.07, 6.45) is 2.71. The third-order valence-electron chi connectivity index (χ3n) is 4.16. The van der Waals surface area contributed by atoms with E-state index in [2.05, 4.69) is 30.1 Å². The zero-order valence-corrected chi connectivity index (χ0v) is 12.6. The number of likely N-dealkylation sites (tertiary alicyclic amines) is 1. The fraction of sp³-hybridized carbons (Fsp3) is 0.588. The molecule has 0 saturated carbocycles. The number of benzene rings is 1. The van der Waals surface area contributed by atoms with Gasteiger partial charge in [0.05, 0.1) is 11.6 Å². The van der Waals surface area contributed by atoms with Gasteiger partial charge >= 0.3 is 0 Å². The Kier molecular flexibility index (Phi) is 5.58. The highest BCUT2D eigenvalue weighted by molar-refractivity contribution is 5.31. The van der Waals surface area contributed by atoms with Crippen LogP contribution in [0.1, 0.15) is 37.8 Å². The van der Waals surface area contributed by atoms with Crippen LogP contribution in [-0.4, -0.2) is 30.6 Å². The number of rotatable bonds is 5. The SMILES string of the molecule is CC1CCCN(C(C)CNCc2ccc(C#N)cc2)C1. The first-order chi connectivity index (χ1) is 9.69. The summed E-state index contributed by atoms with van der Waals surface area (Å²) >= 11 is 0. The maximum atomic E-state index is 8.77. The van der Waals surface area contributed by atoms with Gasteiger partial charge in [0, 0.05) is 25.7 Å². The van der Waals surface area contributed by atoms with Crippen LogP contribution in [0.3, 0.4) is 0 Å². The van der Waals surface area contributed by atoms with Gasteiger partial charge in [-0.05, 0) is 49.9 Å². The first-order valence-corrected chi connectivity index (χ1v) is 7.63. The molecule has 2 rings (SSSR count). The summed E-state index contributed by atoms with van der Waals surface area (Å²) in [7, 11) is 0. The van der Waals surface area contributed by atoms with Crippen LogP contribution < -0.4 is 5.32 Å². The lowest BCUT2D eigenvalue weighted by molar-refractivity contribution is 0.136. The van der Waals surface area contributed by atoms with E-state index in [-0.39, 0.29) is 0 Å². The van der Waals surface area contributed by atoms with Crippen molar-refractivity contribution in [2.75, 3.05) is 19.6 Å². The molecule has 3 heteroatoms. The molecule has 1 N–H and O–H groups in total. The molecular formula is C17H25N3. The highest BCUT2D eigenvalue weighted by atomic mass is 15.2. The lowest BCUT2D eigenvalue weighted by Crippen LogP contribution is -2.45. The summed E-state index contributed by atoms with van der Waals surface area (Å²) in [5.41, 5.74) is 1.97. The number of hydrogen-bond acceptors (Lipinski definition) is 3. The van der Waals surface area contributed by atoms with Crippen molar-refractivity contribution >= 4 is 0 Å². The highest BCUT2D eigenvalue weighted by Gasteiger charge is 2.20. The molecule has 0 radical (unpaired) electrons. The fourth-order valence-corrected chi connectivity index (χ4v) is 2.88. The summed E-state index contributed by atoms with van der Waals surface area (Å²) in [6, 6.07) is 10.6. The number of nitrogens with zero attached hydrogens (tertiary/aromatic N) is 2. The Bertz CT molecular complexity index is 446. The quantitative estimate of drug-likeness (QED) is 0.895. The fourth-order valence-electron chi connectivity index (χ4n) is 2.88. The first kappa shape index (κ1) is 15.0. The number of nitrogens with one attached hydrogen (secondary N) is 1. The van der Waals surface area contributed by atoms with Crippen molar-refractivity contribution in [1.29, 1.82) is 5.26 Å². The van der Waals surface area contributed by atoms with E-state index in [0.717, 1.165) is 24.6 Å². The number of piperidine rings is 1. The lowest BCUT2D eigenvalue weighted by atomic mass is 9.99. The molecule has 0 aromatic heterocycles. The molecular weight excluding hydrogens is 246 g/mol. The molecule has 1 aromatic carbocycles. The molecule has 1 saturated heterocycles. The van der Waals surface area contributed by atoms with Gasteiger partial charge in [0.15, 0.2) is 0 Å². The molecule has 2 unspecified atom stereocenters. The summed E-state index contributed by atoms with van der Waals surface area (Å²) in [6.45, 7) is 9.03. The van der Waals surface area contributed by atoms with Crippen molar-refractivity contribution in [3.05, 3.63) is 35.4 Å². The predicted molar refractivity (Wildman–Crippen MR) is 82.3 cm³/mol. The Labute approximate surface area is 122 Å². The van der Waals surface area contributed by atoms with Crippen LogP contribution in [0.5, 0.6) is 0 Å². The summed E-state index contributed by atoms with van der Waals surface area (Å²) in [5, 5.41) is 12.3. The van der Waals surface area contributed by atoms with E-state index in [4.69, 9.17) is 5.26 Å². The first-order valence-electron chi connectivity index (χ1n) is 7.63. The Morgan fingerprint density at radius 1 is 1.40 bits per heavy atom. The molecule has 108 valence electrons. The second-order valence-electron chi connectivity index (χ2n) is 6.03. The molecule has 0 spiro atoms. The van der Waals surface area contributed by atoms with Crippen molar-refractivity contribution < 1.29 is 0 Å². The molecule has 1 aromatic rings. The molecule has 1 heterocycles. The molecule has 2 atom stereocenters. The van der Waals surface area contributed by atoms with Crippen LogP contribution in [0.25, 0.3) is 0 Å². The summed E-state index contributed by atoms with van der Waals surface area (Å²) in [5.74, 6) is 0.838. The van der Waals surface area contributed by atoms with E-state index in [0.29, 0.717) is 6.04 Å². The van der Waals surface area contributed by atoms with Crippen LogP contribution in [0, 0.1) is 17.2 Å². The Morgan fingerprint density at radius 3 is 2.80 bits per heavy atom. The molecule has 0 amide bonds. The third-order valence-corrected chi connectivity index (χ3v) is 4.16. The molecule has 0 bridgehead atoms. The Hall–Kier alpha value is -1.37. The second-order valence-corrected chi connectivity index (χ2v) is 6.03. The third kappa shape index (κ3) is 4.33. The van der Waals surface area contributed by atoms with Crippen LogP contribution >= 0.6 is 0 Å². The van der Waals surface area contributed by atoms with Crippen molar-refractivity contribution in [2.45, 2.75) is 39.3 Å². The zero-order valence-electron chi connectivity index (χ0n) is 12.6. The minimum absolute atomic E-state index is 0.594. The number of nitriles is 1. The van der Waals surface area contributed by atoms with Crippen LogP contribution in [-0.2, 0) is 6.54 Å². The molecule has 1 aliphatic rings. The van der Waals surface area contributed by atoms with E-state index in [1.54, 1.807) is 0 Å². The molecule has 0 aliphatic carbocycles. The van der Waals surface area contributed by atoms with Gasteiger partial charge in [0.2, 0.25) is 0 Å². The van der Waals surface area contributed by atoms with Crippen LogP contribution in [0.4, 0.5) is 0 Å². The lowest BCUT2D eigenvalue weighted by Gasteiger charge is -2.35. The minimum atomic E-state index is 0.594. The van der Waals surface area contributed by atoms with Crippen molar-refractivity contribution in [2.24, 2.45) is 5.92 Å². The van der Waals surface area contributed by atoms with Gasteiger partial charge in [-0.3, -0.25) is 4.90 Å². The summed E-state index contributed by atoms with van der Waals surface area (Å²) in [4.78, 5) is 2.60. The average molecular weight is 271 g/mol. The van der Waals surface area contributed by atoms with Gasteiger partial charge in [-0.25, -0.2) is 0 Å². The second kappa shape index (κ2) is 7.42. The van der Waals surface area contributed by atoms with Gasteiger partial charge in [-0.2, -0.15) is 5.26 Å². The summed E-state index contributed by atoms with van der Waals surface area (Å²) < 4.78 is 0. The minimum Gasteiger partial charge on any atom is -0.311 e. The zero-order chi connectivity index (χ0) is 14.4. The smallest absolute Gasteiger partial charge is 0.0991 e. The number of hydrogen-bond donors (Lipinski definition) is 1. The Balaban J connectivity index is 1.73. The average Bonchev–Trinajstić information content (AvgIpc) is 2.48. The predicted octanol–water partition coefficient (Wildman–Crippen LogP) is 2.77. The van der Waals surface area contributed by atoms with Crippen molar-refractivity contribution in [3.8, 4) is 6.07 Å². The maximum Gasteiger partial charge on any atom is 0.0991 e. The van der Waals surface area contributed by atoms with Crippen LogP contribution in [0.15, 0.2) is 24.3 Å². The normalized spacial score (nSPS) is 21.4. The van der Waals surface area contributed by atoms with E-state index < -0.39 is 0 Å². The largest absolute Gasteiger partial charge is 0.311 e.